The van der Waals surface area contributed by atoms with Crippen LogP contribution < -0.4 is 14.8 Å². The monoisotopic (exact) mass is 338 g/mol. The number of ether oxygens (including phenoxy) is 2. The lowest BCUT2D eigenvalue weighted by Crippen LogP contribution is -2.21. The van der Waals surface area contributed by atoms with Crippen LogP contribution in [-0.2, 0) is 6.54 Å². The van der Waals surface area contributed by atoms with Gasteiger partial charge in [-0.3, -0.25) is 0 Å². The Kier molecular flexibility index (Phi) is 14.0. The highest BCUT2D eigenvalue weighted by molar-refractivity contribution is 5.85. The van der Waals surface area contributed by atoms with Gasteiger partial charge in [-0.15, -0.1) is 24.8 Å². The number of hydrogen-bond acceptors (Lipinski definition) is 4. The number of halogens is 2. The lowest BCUT2D eigenvalue weighted by Gasteiger charge is -2.15. The molecule has 0 aliphatic heterocycles. The minimum Gasteiger partial charge on any atom is -0.493 e. The predicted molar refractivity (Wildman–Crippen MR) is 93.5 cm³/mol. The molecule has 0 fully saturated rings. The van der Waals surface area contributed by atoms with Gasteiger partial charge in [0, 0.05) is 12.1 Å². The lowest BCUT2D eigenvalue weighted by atomic mass is 10.2. The normalized spacial score (nSPS) is 9.76. The van der Waals surface area contributed by atoms with E-state index >= 15 is 0 Å². The maximum Gasteiger partial charge on any atom is 0.165 e. The van der Waals surface area contributed by atoms with Crippen LogP contribution in [0, 0.1) is 0 Å². The Labute approximate surface area is 141 Å². The molecule has 4 nitrogen and oxygen atoms in total. The topological polar surface area (TPSA) is 33.7 Å². The first-order valence-corrected chi connectivity index (χ1v) is 6.83. The Morgan fingerprint density at radius 2 is 1.90 bits per heavy atom. The van der Waals surface area contributed by atoms with Crippen LogP contribution in [0.2, 0.25) is 0 Å². The van der Waals surface area contributed by atoms with Gasteiger partial charge in [0.2, 0.25) is 0 Å². The highest BCUT2D eigenvalue weighted by Gasteiger charge is 2.09. The average Bonchev–Trinajstić information content (AvgIpc) is 2.39. The van der Waals surface area contributed by atoms with Crippen molar-refractivity contribution < 1.29 is 9.47 Å². The number of nitrogens with one attached hydrogen (secondary N) is 1. The summed E-state index contributed by atoms with van der Waals surface area (Å²) in [5.74, 6) is 1.65. The molecule has 0 heterocycles. The zero-order valence-corrected chi connectivity index (χ0v) is 15.0. The first kappa shape index (κ1) is 22.6. The van der Waals surface area contributed by atoms with Crippen molar-refractivity contribution in [3.05, 3.63) is 23.8 Å². The molecule has 0 aliphatic rings. The highest BCUT2D eigenvalue weighted by Crippen LogP contribution is 2.30. The minimum absolute atomic E-state index is 0. The number of hydrogen-bond donors (Lipinski definition) is 1. The lowest BCUT2D eigenvalue weighted by molar-refractivity contribution is 0.306. The molecule has 0 saturated carbocycles. The Bertz CT molecular complexity index is 377. The first-order valence-electron chi connectivity index (χ1n) is 6.83. The zero-order valence-electron chi connectivity index (χ0n) is 13.3. The molecule has 0 bridgehead atoms. The molecule has 1 aromatic rings. The van der Waals surface area contributed by atoms with Crippen molar-refractivity contribution in [3.8, 4) is 11.5 Å². The van der Waals surface area contributed by atoms with E-state index in [1.807, 2.05) is 19.1 Å². The fourth-order valence-electron chi connectivity index (χ4n) is 1.91. The van der Waals surface area contributed by atoms with Crippen LogP contribution in [0.1, 0.15) is 18.9 Å². The zero-order chi connectivity index (χ0) is 14.1. The summed E-state index contributed by atoms with van der Waals surface area (Å²) >= 11 is 0. The number of rotatable bonds is 9. The molecule has 0 atom stereocenters. The minimum atomic E-state index is 0. The number of benzene rings is 1. The van der Waals surface area contributed by atoms with Crippen molar-refractivity contribution in [1.82, 2.24) is 10.2 Å². The van der Waals surface area contributed by atoms with Crippen LogP contribution in [0.25, 0.3) is 0 Å². The summed E-state index contributed by atoms with van der Waals surface area (Å²) in [4.78, 5) is 2.19. The van der Waals surface area contributed by atoms with E-state index in [9.17, 15) is 0 Å². The number of nitrogens with zero attached hydrogens (tertiary/aromatic N) is 1. The molecule has 0 aromatic heterocycles. The standard InChI is InChI=1S/C15H26N2O2.2ClH/c1-5-19-15-13(8-6-9-14(15)18-4)12-16-10-7-11-17(2)3;;/h6,8-9,16H,5,7,10-12H2,1-4H3;2*1H. The molecular weight excluding hydrogens is 311 g/mol. The molecule has 0 radical (unpaired) electrons. The van der Waals surface area contributed by atoms with Crippen molar-refractivity contribution in [2.45, 2.75) is 19.9 Å². The van der Waals surface area contributed by atoms with Gasteiger partial charge in [-0.1, -0.05) is 12.1 Å². The molecule has 0 unspecified atom stereocenters. The second-order valence-electron chi connectivity index (χ2n) is 4.72. The molecular formula is C15H28Cl2N2O2. The van der Waals surface area contributed by atoms with Gasteiger partial charge in [-0.2, -0.15) is 0 Å². The fourth-order valence-corrected chi connectivity index (χ4v) is 1.91. The third-order valence-electron chi connectivity index (χ3n) is 2.84. The summed E-state index contributed by atoms with van der Waals surface area (Å²) in [6.07, 6.45) is 1.14. The Morgan fingerprint density at radius 1 is 1.19 bits per heavy atom. The van der Waals surface area contributed by atoms with Gasteiger partial charge in [-0.05, 0) is 46.6 Å². The van der Waals surface area contributed by atoms with Crippen molar-refractivity contribution in [2.24, 2.45) is 0 Å². The van der Waals surface area contributed by atoms with Crippen LogP contribution in [0.15, 0.2) is 18.2 Å². The summed E-state index contributed by atoms with van der Waals surface area (Å²) in [7, 11) is 5.86. The SMILES string of the molecule is CCOc1c(CNCCCN(C)C)cccc1OC.Cl.Cl. The van der Waals surface area contributed by atoms with Crippen molar-refractivity contribution in [1.29, 1.82) is 0 Å². The smallest absolute Gasteiger partial charge is 0.165 e. The second kappa shape index (κ2) is 13.0. The molecule has 0 spiro atoms. The van der Waals surface area contributed by atoms with E-state index in [0.29, 0.717) is 6.61 Å². The Hall–Kier alpha value is -0.680. The summed E-state index contributed by atoms with van der Waals surface area (Å²) < 4.78 is 11.0. The Morgan fingerprint density at radius 3 is 2.48 bits per heavy atom. The van der Waals surface area contributed by atoms with Crippen LogP contribution in [0.4, 0.5) is 0 Å². The van der Waals surface area contributed by atoms with Gasteiger partial charge in [0.25, 0.3) is 0 Å². The van der Waals surface area contributed by atoms with Gasteiger partial charge in [0.15, 0.2) is 11.5 Å². The second-order valence-corrected chi connectivity index (χ2v) is 4.72. The quantitative estimate of drug-likeness (QED) is 0.702. The summed E-state index contributed by atoms with van der Waals surface area (Å²) in [5.41, 5.74) is 1.14. The molecule has 0 saturated heterocycles. The highest BCUT2D eigenvalue weighted by atomic mass is 35.5. The Balaban J connectivity index is 0. The van der Waals surface area contributed by atoms with Gasteiger partial charge in [-0.25, -0.2) is 0 Å². The van der Waals surface area contributed by atoms with E-state index in [1.165, 1.54) is 0 Å². The van der Waals surface area contributed by atoms with E-state index in [1.54, 1.807) is 7.11 Å². The van der Waals surface area contributed by atoms with Crippen LogP contribution in [-0.4, -0.2) is 45.8 Å². The van der Waals surface area contributed by atoms with Gasteiger partial charge in [0.1, 0.15) is 0 Å². The van der Waals surface area contributed by atoms with E-state index in [-0.39, 0.29) is 24.8 Å². The van der Waals surface area contributed by atoms with Crippen LogP contribution in [0.5, 0.6) is 11.5 Å². The third-order valence-corrected chi connectivity index (χ3v) is 2.84. The van der Waals surface area contributed by atoms with E-state index < -0.39 is 0 Å². The fraction of sp³-hybridized carbons (Fsp3) is 0.600. The molecule has 21 heavy (non-hydrogen) atoms. The van der Waals surface area contributed by atoms with E-state index in [0.717, 1.165) is 43.1 Å². The molecule has 0 amide bonds. The van der Waals surface area contributed by atoms with Crippen LogP contribution >= 0.6 is 24.8 Å². The molecule has 1 N–H and O–H groups in total. The van der Waals surface area contributed by atoms with Crippen molar-refractivity contribution in [2.75, 3.05) is 40.9 Å². The van der Waals surface area contributed by atoms with E-state index in [2.05, 4.69) is 30.4 Å². The molecule has 1 aromatic carbocycles. The maximum absolute atomic E-state index is 5.68. The van der Waals surface area contributed by atoms with E-state index in [4.69, 9.17) is 9.47 Å². The van der Waals surface area contributed by atoms with Crippen molar-refractivity contribution >= 4 is 24.8 Å². The predicted octanol–water partition coefficient (Wildman–Crippen LogP) is 2.98. The summed E-state index contributed by atoms with van der Waals surface area (Å²) in [6, 6.07) is 6.01. The van der Waals surface area contributed by atoms with Crippen LogP contribution in [0.3, 0.4) is 0 Å². The number of para-hydroxylation sites is 1. The van der Waals surface area contributed by atoms with Gasteiger partial charge >= 0.3 is 0 Å². The molecule has 124 valence electrons. The summed E-state index contributed by atoms with van der Waals surface area (Å²) in [5, 5.41) is 3.44. The largest absolute Gasteiger partial charge is 0.493 e. The van der Waals surface area contributed by atoms with Gasteiger partial charge < -0.3 is 19.7 Å². The van der Waals surface area contributed by atoms with Gasteiger partial charge in [0.05, 0.1) is 13.7 Å². The first-order chi connectivity index (χ1) is 9.19. The summed E-state index contributed by atoms with van der Waals surface area (Å²) in [6.45, 7) is 5.54. The maximum atomic E-state index is 5.68. The average molecular weight is 339 g/mol. The number of methoxy groups -OCH3 is 1. The molecule has 6 heteroatoms. The van der Waals surface area contributed by atoms with Crippen molar-refractivity contribution in [3.63, 3.8) is 0 Å². The molecule has 0 aliphatic carbocycles. The molecule has 1 rings (SSSR count). The third kappa shape index (κ3) is 8.37.